The minimum Gasteiger partial charge on any atom is -0.340 e. The van der Waals surface area contributed by atoms with Gasteiger partial charge in [-0.25, -0.2) is 8.42 Å². The number of carbonyl (C=O) groups excluding carboxylic acids is 2. The molecule has 7 nitrogen and oxygen atoms in total. The first-order valence-corrected chi connectivity index (χ1v) is 15.7. The van der Waals surface area contributed by atoms with Gasteiger partial charge in [0.05, 0.1) is 23.5 Å². The summed E-state index contributed by atoms with van der Waals surface area (Å²) in [5, 5.41) is 0. The molecule has 0 radical (unpaired) electrons. The molecule has 0 spiro atoms. The summed E-state index contributed by atoms with van der Waals surface area (Å²) in [5.41, 5.74) is -0.0834. The number of hydrogen-bond donors (Lipinski definition) is 0. The van der Waals surface area contributed by atoms with Crippen LogP contribution in [0.3, 0.4) is 0 Å². The normalized spacial score (nSPS) is 39.6. The van der Waals surface area contributed by atoms with Gasteiger partial charge in [0.1, 0.15) is 0 Å². The molecule has 7 rings (SSSR count). The highest BCUT2D eigenvalue weighted by molar-refractivity contribution is 7.91. The maximum atomic E-state index is 13.7. The van der Waals surface area contributed by atoms with Gasteiger partial charge in [0, 0.05) is 38.3 Å². The third kappa shape index (κ3) is 4.31. The van der Waals surface area contributed by atoms with Crippen molar-refractivity contribution in [2.45, 2.75) is 82.7 Å². The van der Waals surface area contributed by atoms with Gasteiger partial charge in [0.25, 0.3) is 0 Å². The van der Waals surface area contributed by atoms with Crippen LogP contribution in [0.4, 0.5) is 0 Å². The fourth-order valence-corrected chi connectivity index (χ4v) is 10.7. The average Bonchev–Trinajstić information content (AvgIpc) is 3.43. The van der Waals surface area contributed by atoms with E-state index in [-0.39, 0.29) is 34.9 Å². The van der Waals surface area contributed by atoms with E-state index < -0.39 is 9.84 Å². The highest BCUT2D eigenvalue weighted by Crippen LogP contribution is 2.60. The summed E-state index contributed by atoms with van der Waals surface area (Å²) in [4.78, 5) is 33.4. The second-order valence-corrected chi connectivity index (χ2v) is 14.8. The first-order chi connectivity index (χ1) is 16.3. The van der Waals surface area contributed by atoms with Crippen molar-refractivity contribution in [2.24, 2.45) is 23.2 Å². The summed E-state index contributed by atoms with van der Waals surface area (Å²) in [6.07, 6.45) is 12.2. The molecule has 190 valence electrons. The van der Waals surface area contributed by atoms with E-state index in [2.05, 4.69) is 9.80 Å². The van der Waals surface area contributed by atoms with Crippen LogP contribution in [0.1, 0.15) is 70.6 Å². The Kier molecular flexibility index (Phi) is 5.99. The molecule has 1 unspecified atom stereocenters. The molecule has 4 bridgehead atoms. The number of nitrogens with zero attached hydrogens (tertiary/aromatic N) is 3. The summed E-state index contributed by atoms with van der Waals surface area (Å²) in [7, 11) is -3.02. The maximum absolute atomic E-state index is 13.7. The molecule has 0 aromatic carbocycles. The van der Waals surface area contributed by atoms with E-state index >= 15 is 0 Å². The number of amides is 2. The molecule has 2 saturated heterocycles. The maximum Gasteiger partial charge on any atom is 0.237 e. The third-order valence-corrected chi connectivity index (χ3v) is 11.9. The van der Waals surface area contributed by atoms with Crippen molar-refractivity contribution in [3.63, 3.8) is 0 Å². The molecule has 5 aliphatic carbocycles. The summed E-state index contributed by atoms with van der Waals surface area (Å²) < 4.78 is 24.2. The van der Waals surface area contributed by atoms with Crippen molar-refractivity contribution in [3.05, 3.63) is 0 Å². The molecule has 34 heavy (non-hydrogen) atoms. The van der Waals surface area contributed by atoms with Gasteiger partial charge in [-0.15, -0.1) is 0 Å². The van der Waals surface area contributed by atoms with Crippen LogP contribution in [0.2, 0.25) is 0 Å². The van der Waals surface area contributed by atoms with Crippen molar-refractivity contribution < 1.29 is 18.0 Å². The molecule has 2 aliphatic heterocycles. The average molecular weight is 492 g/mol. The molecule has 2 heterocycles. The lowest BCUT2D eigenvalue weighted by molar-refractivity contribution is -0.159. The summed E-state index contributed by atoms with van der Waals surface area (Å²) in [6.45, 7) is 3.27. The molecule has 8 heteroatoms. The van der Waals surface area contributed by atoms with Gasteiger partial charge in [-0.2, -0.15) is 0 Å². The van der Waals surface area contributed by atoms with Crippen LogP contribution in [0, 0.1) is 23.2 Å². The van der Waals surface area contributed by atoms with Gasteiger partial charge in [-0.1, -0.05) is 12.8 Å². The minimum atomic E-state index is -3.02. The van der Waals surface area contributed by atoms with E-state index in [1.807, 2.05) is 4.90 Å². The predicted octanol–water partition coefficient (Wildman–Crippen LogP) is 2.31. The van der Waals surface area contributed by atoms with Crippen LogP contribution in [-0.4, -0.2) is 91.2 Å². The second kappa shape index (κ2) is 8.75. The topological polar surface area (TPSA) is 78.0 Å². The molecular weight excluding hydrogens is 450 g/mol. The highest BCUT2D eigenvalue weighted by Gasteiger charge is 2.55. The van der Waals surface area contributed by atoms with E-state index in [0.29, 0.717) is 18.9 Å². The molecule has 0 aromatic heterocycles. The van der Waals surface area contributed by atoms with Gasteiger partial charge in [0.15, 0.2) is 9.84 Å². The number of hydrogen-bond acceptors (Lipinski definition) is 5. The van der Waals surface area contributed by atoms with Crippen molar-refractivity contribution in [2.75, 3.05) is 44.2 Å². The van der Waals surface area contributed by atoms with Gasteiger partial charge >= 0.3 is 0 Å². The Morgan fingerprint density at radius 1 is 0.824 bits per heavy atom. The smallest absolute Gasteiger partial charge is 0.237 e. The van der Waals surface area contributed by atoms with Gasteiger partial charge in [-0.05, 0) is 75.5 Å². The fraction of sp³-hybridized carbons (Fsp3) is 0.923. The Bertz CT molecular complexity index is 885. The largest absolute Gasteiger partial charge is 0.340 e. The Labute approximate surface area is 204 Å². The summed E-state index contributed by atoms with van der Waals surface area (Å²) in [5.74, 6) is 3.15. The van der Waals surface area contributed by atoms with Crippen molar-refractivity contribution in [1.82, 2.24) is 14.7 Å². The van der Waals surface area contributed by atoms with Crippen LogP contribution >= 0.6 is 0 Å². The number of rotatable bonds is 5. The molecule has 2 amide bonds. The highest BCUT2D eigenvalue weighted by atomic mass is 32.2. The molecule has 0 aromatic rings. The van der Waals surface area contributed by atoms with E-state index in [1.54, 1.807) is 0 Å². The molecule has 0 N–H and O–H groups in total. The fourth-order valence-electron chi connectivity index (χ4n) is 8.97. The second-order valence-electron chi connectivity index (χ2n) is 12.6. The predicted molar refractivity (Wildman–Crippen MR) is 130 cm³/mol. The number of carbonyl (C=O) groups is 2. The van der Waals surface area contributed by atoms with E-state index in [1.165, 1.54) is 19.3 Å². The van der Waals surface area contributed by atoms with Crippen LogP contribution in [0.25, 0.3) is 0 Å². The van der Waals surface area contributed by atoms with Gasteiger partial charge < -0.3 is 9.80 Å². The first kappa shape index (κ1) is 23.3. The Hall–Kier alpha value is -1.15. The van der Waals surface area contributed by atoms with Crippen LogP contribution in [0.5, 0.6) is 0 Å². The van der Waals surface area contributed by atoms with Crippen molar-refractivity contribution in [1.29, 1.82) is 0 Å². The van der Waals surface area contributed by atoms with Crippen molar-refractivity contribution in [3.8, 4) is 0 Å². The Morgan fingerprint density at radius 3 is 1.94 bits per heavy atom. The van der Waals surface area contributed by atoms with Crippen LogP contribution in [-0.2, 0) is 19.4 Å². The Morgan fingerprint density at radius 2 is 1.41 bits per heavy atom. The van der Waals surface area contributed by atoms with Gasteiger partial charge in [0.2, 0.25) is 11.8 Å². The molecule has 5 saturated carbocycles. The van der Waals surface area contributed by atoms with Crippen LogP contribution in [0.15, 0.2) is 0 Å². The Balaban J connectivity index is 1.06. The quantitative estimate of drug-likeness (QED) is 0.590. The monoisotopic (exact) mass is 491 g/mol. The SMILES string of the molecule is O=C(CN1CCN(C(=O)C23CC4CC(CC(C4)C2)C3)CC1)N(C1CCCC1)C1CCS(=O)(=O)C1. The molecule has 1 atom stereocenters. The van der Waals surface area contributed by atoms with Crippen molar-refractivity contribution >= 4 is 21.7 Å². The van der Waals surface area contributed by atoms with Crippen LogP contribution < -0.4 is 0 Å². The molecule has 7 fully saturated rings. The van der Waals surface area contributed by atoms with E-state index in [9.17, 15) is 18.0 Å². The first-order valence-electron chi connectivity index (χ1n) is 13.8. The zero-order valence-corrected chi connectivity index (χ0v) is 21.3. The number of piperazine rings is 1. The van der Waals surface area contributed by atoms with E-state index in [0.717, 1.165) is 88.9 Å². The lowest BCUT2D eigenvalue weighted by Crippen LogP contribution is -2.59. The van der Waals surface area contributed by atoms with E-state index in [4.69, 9.17) is 0 Å². The molecule has 7 aliphatic rings. The summed E-state index contributed by atoms with van der Waals surface area (Å²) >= 11 is 0. The van der Waals surface area contributed by atoms with Gasteiger partial charge in [-0.3, -0.25) is 14.5 Å². The zero-order chi connectivity index (χ0) is 23.5. The standard InChI is InChI=1S/C26H41N3O4S/c30-24(29(22-3-1-2-4-22)23-5-10-34(32,33)18-23)17-27-6-8-28(9-7-27)25(31)26-14-19-11-20(15-26)13-21(12-19)16-26/h19-23H,1-18H2. The third-order valence-electron chi connectivity index (χ3n) is 10.1. The lowest BCUT2D eigenvalue weighted by atomic mass is 9.49. The molecular formula is C26H41N3O4S. The zero-order valence-electron chi connectivity index (χ0n) is 20.5. The lowest BCUT2D eigenvalue weighted by Gasteiger charge is -2.57. The number of sulfone groups is 1. The summed E-state index contributed by atoms with van der Waals surface area (Å²) in [6, 6.07) is 0.0456. The minimum absolute atomic E-state index is 0.0834.